The molecule has 0 radical (unpaired) electrons. The molecule has 0 aliphatic rings. The number of alkyl halides is 3. The van der Waals surface area contributed by atoms with E-state index in [9.17, 15) is 13.2 Å². The summed E-state index contributed by atoms with van der Waals surface area (Å²) in [6.45, 7) is 0. The normalized spacial score (nSPS) is 11.2. The van der Waals surface area contributed by atoms with E-state index in [0.717, 1.165) is 6.07 Å². The molecule has 0 saturated heterocycles. The first kappa shape index (κ1) is 14.8. The largest absolute Gasteiger partial charge is 0.573 e. The van der Waals surface area contributed by atoms with Crippen molar-refractivity contribution in [2.45, 2.75) is 6.36 Å². The van der Waals surface area contributed by atoms with Crippen molar-refractivity contribution in [1.82, 2.24) is 0 Å². The van der Waals surface area contributed by atoms with Crippen LogP contribution in [-0.2, 0) is 0 Å². The molecule has 7 heteroatoms. The molecule has 0 heterocycles. The highest BCUT2D eigenvalue weighted by atomic mass is 35.5. The lowest BCUT2D eigenvalue weighted by Crippen LogP contribution is -2.17. The molecule has 2 rings (SSSR count). The Morgan fingerprint density at radius 2 is 1.40 bits per heavy atom. The second kappa shape index (κ2) is 5.81. The van der Waals surface area contributed by atoms with Crippen LogP contribution in [0.15, 0.2) is 42.5 Å². The molecule has 106 valence electrons. The zero-order chi connectivity index (χ0) is 14.8. The maximum atomic E-state index is 12.3. The van der Waals surface area contributed by atoms with Crippen molar-refractivity contribution in [2.75, 3.05) is 0 Å². The summed E-state index contributed by atoms with van der Waals surface area (Å²) in [7, 11) is 0. The van der Waals surface area contributed by atoms with Gasteiger partial charge in [-0.25, -0.2) is 0 Å². The molecule has 0 saturated carbocycles. The summed E-state index contributed by atoms with van der Waals surface area (Å²) >= 11 is 11.7. The van der Waals surface area contributed by atoms with Crippen LogP contribution in [0.2, 0.25) is 10.0 Å². The number of halogens is 5. The number of rotatable bonds is 3. The Hall–Kier alpha value is -1.59. The van der Waals surface area contributed by atoms with Crippen LogP contribution in [0.5, 0.6) is 17.2 Å². The Bertz CT molecular complexity index is 615. The highest BCUT2D eigenvalue weighted by Crippen LogP contribution is 2.39. The van der Waals surface area contributed by atoms with Crippen LogP contribution in [0.3, 0.4) is 0 Å². The van der Waals surface area contributed by atoms with Gasteiger partial charge in [0.05, 0.1) is 5.02 Å². The molecule has 2 aromatic carbocycles. The summed E-state index contributed by atoms with van der Waals surface area (Å²) < 4.78 is 46.0. The lowest BCUT2D eigenvalue weighted by molar-refractivity contribution is -0.275. The molecule has 2 aromatic rings. The number of hydrogen-bond acceptors (Lipinski definition) is 2. The van der Waals surface area contributed by atoms with Crippen LogP contribution >= 0.6 is 23.2 Å². The third-order valence-corrected chi connectivity index (χ3v) is 3.01. The zero-order valence-electron chi connectivity index (χ0n) is 9.75. The van der Waals surface area contributed by atoms with E-state index >= 15 is 0 Å². The number of benzene rings is 2. The van der Waals surface area contributed by atoms with E-state index in [0.29, 0.717) is 0 Å². The van der Waals surface area contributed by atoms with Crippen LogP contribution in [0.4, 0.5) is 13.2 Å². The molecule has 20 heavy (non-hydrogen) atoms. The van der Waals surface area contributed by atoms with Gasteiger partial charge < -0.3 is 9.47 Å². The minimum atomic E-state index is -4.81. The lowest BCUT2D eigenvalue weighted by atomic mass is 10.3. The standard InChI is InChI=1S/C13H7Cl2F3O2/c14-8-4-3-7-11(12(8)15)19-9-5-1-2-6-10(9)20-13(16,17)18/h1-7H. The average Bonchev–Trinajstić information content (AvgIpc) is 2.35. The lowest BCUT2D eigenvalue weighted by Gasteiger charge is -2.14. The van der Waals surface area contributed by atoms with Crippen LogP contribution in [0.1, 0.15) is 0 Å². The molecule has 0 aromatic heterocycles. The predicted molar refractivity (Wildman–Crippen MR) is 69.7 cm³/mol. The maximum Gasteiger partial charge on any atom is 0.573 e. The molecule has 0 bridgehead atoms. The fourth-order valence-corrected chi connectivity index (χ4v) is 1.76. The topological polar surface area (TPSA) is 18.5 Å². The van der Waals surface area contributed by atoms with Gasteiger partial charge in [0.15, 0.2) is 11.5 Å². The Labute approximate surface area is 122 Å². The van der Waals surface area contributed by atoms with Gasteiger partial charge in [0.25, 0.3) is 0 Å². The van der Waals surface area contributed by atoms with Crippen molar-refractivity contribution in [1.29, 1.82) is 0 Å². The Morgan fingerprint density at radius 3 is 2.05 bits per heavy atom. The van der Waals surface area contributed by atoms with Crippen molar-refractivity contribution >= 4 is 23.2 Å². The SMILES string of the molecule is FC(F)(F)Oc1ccccc1Oc1cccc(Cl)c1Cl. The molecular weight excluding hydrogens is 316 g/mol. The van der Waals surface area contributed by atoms with Gasteiger partial charge in [-0.05, 0) is 24.3 Å². The zero-order valence-corrected chi connectivity index (χ0v) is 11.3. The first-order chi connectivity index (χ1) is 9.37. The van der Waals surface area contributed by atoms with Crippen molar-refractivity contribution in [2.24, 2.45) is 0 Å². The number of hydrogen-bond donors (Lipinski definition) is 0. The first-order valence-corrected chi connectivity index (χ1v) is 6.09. The second-order valence-electron chi connectivity index (χ2n) is 3.65. The molecule has 0 unspecified atom stereocenters. The third-order valence-electron chi connectivity index (χ3n) is 2.21. The van der Waals surface area contributed by atoms with Gasteiger partial charge in [-0.2, -0.15) is 0 Å². The van der Waals surface area contributed by atoms with E-state index in [2.05, 4.69) is 4.74 Å². The summed E-state index contributed by atoms with van der Waals surface area (Å²) in [5.41, 5.74) is 0. The van der Waals surface area contributed by atoms with E-state index in [4.69, 9.17) is 27.9 Å². The van der Waals surface area contributed by atoms with Crippen LogP contribution in [-0.4, -0.2) is 6.36 Å². The third kappa shape index (κ3) is 3.71. The van der Waals surface area contributed by atoms with Gasteiger partial charge in [0.1, 0.15) is 10.8 Å². The molecule has 0 amide bonds. The van der Waals surface area contributed by atoms with E-state index < -0.39 is 12.1 Å². The minimum absolute atomic E-state index is 0.107. The van der Waals surface area contributed by atoms with Crippen LogP contribution < -0.4 is 9.47 Å². The summed E-state index contributed by atoms with van der Waals surface area (Å²) in [6.07, 6.45) is -4.81. The van der Waals surface area contributed by atoms with E-state index in [1.165, 1.54) is 30.3 Å². The second-order valence-corrected chi connectivity index (χ2v) is 4.43. The molecule has 2 nitrogen and oxygen atoms in total. The molecular formula is C13H7Cl2F3O2. The summed E-state index contributed by atoms with van der Waals surface area (Å²) in [6, 6.07) is 9.97. The molecule has 0 aliphatic heterocycles. The smallest absolute Gasteiger partial charge is 0.452 e. The Balaban J connectivity index is 2.32. The summed E-state index contributed by atoms with van der Waals surface area (Å²) in [5.74, 6) is -0.442. The van der Waals surface area contributed by atoms with E-state index in [-0.39, 0.29) is 21.5 Å². The van der Waals surface area contributed by atoms with E-state index in [1.807, 2.05) is 0 Å². The summed E-state index contributed by atoms with van der Waals surface area (Å²) in [5, 5.41) is 0.342. The van der Waals surface area contributed by atoms with Gasteiger partial charge >= 0.3 is 6.36 Å². The molecule has 0 aliphatic carbocycles. The molecule has 0 spiro atoms. The van der Waals surface area contributed by atoms with Gasteiger partial charge in [-0.3, -0.25) is 0 Å². The highest BCUT2D eigenvalue weighted by Gasteiger charge is 2.32. The molecule has 0 atom stereocenters. The predicted octanol–water partition coefficient (Wildman–Crippen LogP) is 5.68. The maximum absolute atomic E-state index is 12.3. The molecule has 0 N–H and O–H groups in total. The monoisotopic (exact) mass is 322 g/mol. The number of para-hydroxylation sites is 2. The first-order valence-electron chi connectivity index (χ1n) is 5.33. The van der Waals surface area contributed by atoms with Crippen molar-refractivity contribution in [3.05, 3.63) is 52.5 Å². The van der Waals surface area contributed by atoms with Gasteiger partial charge in [-0.1, -0.05) is 41.4 Å². The number of ether oxygens (including phenoxy) is 2. The summed E-state index contributed by atoms with van der Waals surface area (Å²) in [4.78, 5) is 0. The Morgan fingerprint density at radius 1 is 0.800 bits per heavy atom. The van der Waals surface area contributed by atoms with Crippen molar-refractivity contribution < 1.29 is 22.6 Å². The quantitative estimate of drug-likeness (QED) is 0.723. The van der Waals surface area contributed by atoms with Crippen molar-refractivity contribution in [3.63, 3.8) is 0 Å². The fraction of sp³-hybridized carbons (Fsp3) is 0.0769. The molecule has 0 fully saturated rings. The van der Waals surface area contributed by atoms with Crippen molar-refractivity contribution in [3.8, 4) is 17.2 Å². The van der Waals surface area contributed by atoms with Crippen LogP contribution in [0.25, 0.3) is 0 Å². The van der Waals surface area contributed by atoms with Gasteiger partial charge in [-0.15, -0.1) is 13.2 Å². The Kier molecular flexibility index (Phi) is 4.30. The highest BCUT2D eigenvalue weighted by molar-refractivity contribution is 6.42. The van der Waals surface area contributed by atoms with E-state index in [1.54, 1.807) is 6.07 Å². The minimum Gasteiger partial charge on any atom is -0.452 e. The van der Waals surface area contributed by atoms with Gasteiger partial charge in [0.2, 0.25) is 0 Å². The van der Waals surface area contributed by atoms with Crippen LogP contribution in [0, 0.1) is 0 Å². The average molecular weight is 323 g/mol. The van der Waals surface area contributed by atoms with Gasteiger partial charge in [0, 0.05) is 0 Å². The fourth-order valence-electron chi connectivity index (χ4n) is 1.42.